The molecular weight excluding hydrogens is 196 g/mol. The molecule has 0 aliphatic rings. The van der Waals surface area contributed by atoms with Crippen LogP contribution in [-0.4, -0.2) is 27.5 Å². The lowest BCUT2D eigenvalue weighted by atomic mass is 10.1. The smallest absolute Gasteiger partial charge is 0.337 e. The Kier molecular flexibility index (Phi) is 2.13. The SMILES string of the molecule is O=C(O)c1cccc2c(C=NO)c[nH]c12. The minimum Gasteiger partial charge on any atom is -0.478 e. The van der Waals surface area contributed by atoms with Crippen molar-refractivity contribution in [3.8, 4) is 0 Å². The number of rotatable bonds is 2. The van der Waals surface area contributed by atoms with Crippen molar-refractivity contribution < 1.29 is 15.1 Å². The van der Waals surface area contributed by atoms with Crippen LogP contribution >= 0.6 is 0 Å². The second-order valence-electron chi connectivity index (χ2n) is 3.02. The first kappa shape index (κ1) is 9.26. The van der Waals surface area contributed by atoms with Gasteiger partial charge in [0, 0.05) is 17.1 Å². The van der Waals surface area contributed by atoms with Gasteiger partial charge in [0.25, 0.3) is 0 Å². The summed E-state index contributed by atoms with van der Waals surface area (Å²) in [5, 5.41) is 21.0. The highest BCUT2D eigenvalue weighted by atomic mass is 16.4. The topological polar surface area (TPSA) is 85.7 Å². The van der Waals surface area contributed by atoms with Crippen molar-refractivity contribution in [1.29, 1.82) is 0 Å². The van der Waals surface area contributed by atoms with Crippen molar-refractivity contribution >= 4 is 23.1 Å². The first-order valence-corrected chi connectivity index (χ1v) is 4.25. The van der Waals surface area contributed by atoms with Crippen LogP contribution in [-0.2, 0) is 0 Å². The van der Waals surface area contributed by atoms with E-state index in [1.165, 1.54) is 12.3 Å². The maximum Gasteiger partial charge on any atom is 0.337 e. The van der Waals surface area contributed by atoms with E-state index in [0.29, 0.717) is 16.5 Å². The predicted octanol–water partition coefficient (Wildman–Crippen LogP) is 1.67. The molecule has 5 heteroatoms. The number of carboxylic acid groups (broad SMARTS) is 1. The van der Waals surface area contributed by atoms with Crippen LogP contribution in [0, 0.1) is 0 Å². The molecule has 15 heavy (non-hydrogen) atoms. The summed E-state index contributed by atoms with van der Waals surface area (Å²) in [6.45, 7) is 0. The van der Waals surface area contributed by atoms with E-state index in [-0.39, 0.29) is 5.56 Å². The monoisotopic (exact) mass is 204 g/mol. The number of aromatic amines is 1. The van der Waals surface area contributed by atoms with Crippen LogP contribution in [0.15, 0.2) is 29.6 Å². The average molecular weight is 204 g/mol. The fourth-order valence-corrected chi connectivity index (χ4v) is 1.52. The Bertz CT molecular complexity index is 543. The van der Waals surface area contributed by atoms with Crippen molar-refractivity contribution in [2.45, 2.75) is 0 Å². The Morgan fingerprint density at radius 2 is 2.27 bits per heavy atom. The average Bonchev–Trinajstić information content (AvgIpc) is 2.62. The Balaban J connectivity index is 2.74. The largest absolute Gasteiger partial charge is 0.478 e. The van der Waals surface area contributed by atoms with E-state index >= 15 is 0 Å². The van der Waals surface area contributed by atoms with Gasteiger partial charge in [-0.05, 0) is 6.07 Å². The quantitative estimate of drug-likeness (QED) is 0.395. The number of nitrogens with zero attached hydrogens (tertiary/aromatic N) is 1. The van der Waals surface area contributed by atoms with Crippen molar-refractivity contribution in [3.05, 3.63) is 35.5 Å². The van der Waals surface area contributed by atoms with E-state index in [1.807, 2.05) is 0 Å². The molecule has 2 rings (SSSR count). The number of benzene rings is 1. The van der Waals surface area contributed by atoms with Gasteiger partial charge in [0.2, 0.25) is 0 Å². The zero-order chi connectivity index (χ0) is 10.8. The van der Waals surface area contributed by atoms with Crippen molar-refractivity contribution in [2.24, 2.45) is 5.16 Å². The molecule has 5 nitrogen and oxygen atoms in total. The molecule has 0 unspecified atom stereocenters. The minimum atomic E-state index is -0.991. The molecule has 0 saturated carbocycles. The molecule has 0 aliphatic heterocycles. The lowest BCUT2D eigenvalue weighted by Gasteiger charge is -1.96. The maximum atomic E-state index is 10.9. The minimum absolute atomic E-state index is 0.199. The van der Waals surface area contributed by atoms with Crippen LogP contribution in [0.3, 0.4) is 0 Å². The summed E-state index contributed by atoms with van der Waals surface area (Å²) in [5.74, 6) is -0.991. The number of hydrogen-bond acceptors (Lipinski definition) is 3. The Morgan fingerprint density at radius 1 is 1.47 bits per heavy atom. The van der Waals surface area contributed by atoms with E-state index in [9.17, 15) is 4.79 Å². The molecular formula is C10H8N2O3. The van der Waals surface area contributed by atoms with Gasteiger partial charge in [-0.2, -0.15) is 0 Å². The van der Waals surface area contributed by atoms with E-state index in [4.69, 9.17) is 10.3 Å². The third kappa shape index (κ3) is 1.43. The van der Waals surface area contributed by atoms with E-state index in [0.717, 1.165) is 0 Å². The van der Waals surface area contributed by atoms with Crippen LogP contribution in [0.2, 0.25) is 0 Å². The summed E-state index contributed by atoms with van der Waals surface area (Å²) in [7, 11) is 0. The highest BCUT2D eigenvalue weighted by molar-refractivity contribution is 6.07. The standard InChI is InChI=1S/C10H8N2O3/c13-10(14)8-3-1-2-7-6(5-12-15)4-11-9(7)8/h1-5,11,15H,(H,13,14). The van der Waals surface area contributed by atoms with Gasteiger partial charge in [-0.15, -0.1) is 0 Å². The van der Waals surface area contributed by atoms with Crippen LogP contribution in [0.1, 0.15) is 15.9 Å². The van der Waals surface area contributed by atoms with Gasteiger partial charge in [0.1, 0.15) is 0 Å². The fourth-order valence-electron chi connectivity index (χ4n) is 1.52. The summed E-state index contributed by atoms with van der Waals surface area (Å²) in [5.41, 5.74) is 1.38. The number of hydrogen-bond donors (Lipinski definition) is 3. The lowest BCUT2D eigenvalue weighted by Crippen LogP contribution is -1.96. The zero-order valence-electron chi connectivity index (χ0n) is 7.64. The summed E-state index contributed by atoms with van der Waals surface area (Å²) in [6.07, 6.45) is 2.85. The number of aromatic nitrogens is 1. The van der Waals surface area contributed by atoms with Crippen LogP contribution in [0.4, 0.5) is 0 Å². The molecule has 1 heterocycles. The zero-order valence-corrected chi connectivity index (χ0v) is 7.64. The molecule has 76 valence electrons. The van der Waals surface area contributed by atoms with Gasteiger partial charge < -0.3 is 15.3 Å². The number of nitrogens with one attached hydrogen (secondary N) is 1. The van der Waals surface area contributed by atoms with E-state index in [1.54, 1.807) is 18.3 Å². The maximum absolute atomic E-state index is 10.9. The highest BCUT2D eigenvalue weighted by Gasteiger charge is 2.10. The van der Waals surface area contributed by atoms with Crippen molar-refractivity contribution in [1.82, 2.24) is 4.98 Å². The number of H-pyrrole nitrogens is 1. The normalized spacial score (nSPS) is 11.2. The van der Waals surface area contributed by atoms with Gasteiger partial charge in [-0.3, -0.25) is 0 Å². The molecule has 0 atom stereocenters. The number of para-hydroxylation sites is 1. The van der Waals surface area contributed by atoms with Crippen LogP contribution in [0.5, 0.6) is 0 Å². The Morgan fingerprint density at radius 3 is 2.93 bits per heavy atom. The number of fused-ring (bicyclic) bond motifs is 1. The molecule has 0 bridgehead atoms. The van der Waals surface area contributed by atoms with Gasteiger partial charge in [-0.25, -0.2) is 4.79 Å². The number of oxime groups is 1. The van der Waals surface area contributed by atoms with Gasteiger partial charge in [-0.1, -0.05) is 17.3 Å². The molecule has 0 aliphatic carbocycles. The Hall–Kier alpha value is -2.30. The number of carbonyl (C=O) groups is 1. The second kappa shape index (κ2) is 3.45. The molecule has 0 radical (unpaired) electrons. The molecule has 0 saturated heterocycles. The second-order valence-corrected chi connectivity index (χ2v) is 3.02. The molecule has 0 spiro atoms. The van der Waals surface area contributed by atoms with Crippen LogP contribution in [0.25, 0.3) is 10.9 Å². The van der Waals surface area contributed by atoms with Crippen molar-refractivity contribution in [2.75, 3.05) is 0 Å². The molecule has 2 aromatic rings. The molecule has 1 aromatic heterocycles. The molecule has 0 amide bonds. The fraction of sp³-hybridized carbons (Fsp3) is 0. The molecule has 3 N–H and O–H groups in total. The van der Waals surface area contributed by atoms with Gasteiger partial charge in [0.15, 0.2) is 0 Å². The lowest BCUT2D eigenvalue weighted by molar-refractivity contribution is 0.0699. The molecule has 1 aromatic carbocycles. The summed E-state index contributed by atoms with van der Waals surface area (Å²) < 4.78 is 0. The van der Waals surface area contributed by atoms with Crippen LogP contribution < -0.4 is 0 Å². The van der Waals surface area contributed by atoms with E-state index in [2.05, 4.69) is 10.1 Å². The van der Waals surface area contributed by atoms with Gasteiger partial charge in [0.05, 0.1) is 17.3 Å². The third-order valence-corrected chi connectivity index (χ3v) is 2.17. The highest BCUT2D eigenvalue weighted by Crippen LogP contribution is 2.20. The first-order valence-electron chi connectivity index (χ1n) is 4.25. The Labute approximate surface area is 84.7 Å². The summed E-state index contributed by atoms with van der Waals surface area (Å²) in [4.78, 5) is 13.7. The van der Waals surface area contributed by atoms with E-state index < -0.39 is 5.97 Å². The number of carboxylic acids is 1. The summed E-state index contributed by atoms with van der Waals surface area (Å²) in [6, 6.07) is 4.92. The third-order valence-electron chi connectivity index (χ3n) is 2.17. The first-order chi connectivity index (χ1) is 7.24. The number of aromatic carboxylic acids is 1. The molecule has 0 fully saturated rings. The van der Waals surface area contributed by atoms with Gasteiger partial charge >= 0.3 is 5.97 Å². The predicted molar refractivity (Wildman–Crippen MR) is 54.6 cm³/mol. The summed E-state index contributed by atoms with van der Waals surface area (Å²) >= 11 is 0. The van der Waals surface area contributed by atoms with Crippen molar-refractivity contribution in [3.63, 3.8) is 0 Å².